The minimum Gasteiger partial charge on any atom is -0.369 e. The van der Waals surface area contributed by atoms with Gasteiger partial charge < -0.3 is 10.5 Å². The van der Waals surface area contributed by atoms with Crippen LogP contribution in [0.2, 0.25) is 0 Å². The van der Waals surface area contributed by atoms with Gasteiger partial charge in [-0.3, -0.25) is 4.98 Å². The van der Waals surface area contributed by atoms with Crippen LogP contribution in [-0.4, -0.2) is 17.1 Å². The highest BCUT2D eigenvalue weighted by Gasteiger charge is 2.30. The van der Waals surface area contributed by atoms with Crippen molar-refractivity contribution in [3.63, 3.8) is 0 Å². The highest BCUT2D eigenvalue weighted by Crippen LogP contribution is 2.30. The third-order valence-electron chi connectivity index (χ3n) is 4.60. The molecule has 1 aliphatic carbocycles. The van der Waals surface area contributed by atoms with Crippen molar-refractivity contribution < 1.29 is 4.74 Å². The Hall–Kier alpha value is -1.45. The molecule has 21 heavy (non-hydrogen) atoms. The van der Waals surface area contributed by atoms with Crippen molar-refractivity contribution in [2.45, 2.75) is 50.7 Å². The van der Waals surface area contributed by atoms with Gasteiger partial charge in [0.05, 0.1) is 17.7 Å². The molecule has 112 valence electrons. The Morgan fingerprint density at radius 2 is 1.90 bits per heavy atom. The average Bonchev–Trinajstić information content (AvgIpc) is 2.79. The second kappa shape index (κ2) is 6.54. The van der Waals surface area contributed by atoms with E-state index in [-0.39, 0.29) is 5.60 Å². The maximum atomic E-state index is 6.29. The van der Waals surface area contributed by atoms with Crippen molar-refractivity contribution in [3.05, 3.63) is 42.1 Å². The quantitative estimate of drug-likeness (QED) is 0.869. The van der Waals surface area contributed by atoms with E-state index in [2.05, 4.69) is 29.2 Å². The second-order valence-corrected chi connectivity index (χ2v) is 6.12. The normalized spacial score (nSPS) is 18.5. The van der Waals surface area contributed by atoms with E-state index in [1.54, 1.807) is 0 Å². The monoisotopic (exact) mass is 284 g/mol. The summed E-state index contributed by atoms with van der Waals surface area (Å²) in [6.45, 7) is 1.27. The first-order valence-electron chi connectivity index (χ1n) is 7.99. The summed E-state index contributed by atoms with van der Waals surface area (Å²) < 4.78 is 6.29. The molecule has 1 aliphatic rings. The van der Waals surface area contributed by atoms with Crippen molar-refractivity contribution in [2.24, 2.45) is 5.73 Å². The molecule has 2 N–H and O–H groups in total. The fourth-order valence-electron chi connectivity index (χ4n) is 3.23. The van der Waals surface area contributed by atoms with Crippen LogP contribution in [0.1, 0.15) is 44.1 Å². The topological polar surface area (TPSA) is 48.1 Å². The van der Waals surface area contributed by atoms with Crippen molar-refractivity contribution in [1.29, 1.82) is 0 Å². The lowest BCUT2D eigenvalue weighted by molar-refractivity contribution is -0.0601. The number of nitrogens with two attached hydrogens (primary N) is 1. The molecule has 0 unspecified atom stereocenters. The van der Waals surface area contributed by atoms with Gasteiger partial charge in [-0.15, -0.1) is 0 Å². The number of aromatic nitrogens is 1. The Labute approximate surface area is 126 Å². The number of fused-ring (bicyclic) bond motifs is 1. The van der Waals surface area contributed by atoms with Gasteiger partial charge in [0.25, 0.3) is 0 Å². The van der Waals surface area contributed by atoms with Gasteiger partial charge in [-0.1, -0.05) is 37.8 Å². The smallest absolute Gasteiger partial charge is 0.0808 e. The lowest BCUT2D eigenvalue weighted by atomic mass is 9.94. The Morgan fingerprint density at radius 3 is 2.67 bits per heavy atom. The van der Waals surface area contributed by atoms with E-state index in [0.717, 1.165) is 18.4 Å². The van der Waals surface area contributed by atoms with Crippen LogP contribution in [0.15, 0.2) is 36.5 Å². The fraction of sp³-hybridized carbons (Fsp3) is 0.500. The van der Waals surface area contributed by atoms with Crippen molar-refractivity contribution >= 4 is 10.9 Å². The third kappa shape index (κ3) is 3.42. The van der Waals surface area contributed by atoms with E-state index in [0.29, 0.717) is 13.2 Å². The van der Waals surface area contributed by atoms with Crippen LogP contribution >= 0.6 is 0 Å². The molecule has 0 aliphatic heterocycles. The number of benzene rings is 1. The average molecular weight is 284 g/mol. The van der Waals surface area contributed by atoms with Crippen LogP contribution in [0, 0.1) is 0 Å². The number of pyridine rings is 1. The molecule has 1 aromatic carbocycles. The Kier molecular flexibility index (Phi) is 4.51. The number of hydrogen-bond acceptors (Lipinski definition) is 3. The van der Waals surface area contributed by atoms with Crippen molar-refractivity contribution in [1.82, 2.24) is 4.98 Å². The number of rotatable bonds is 4. The molecule has 0 bridgehead atoms. The second-order valence-electron chi connectivity index (χ2n) is 6.12. The molecule has 3 heteroatoms. The van der Waals surface area contributed by atoms with Gasteiger partial charge in [-0.2, -0.15) is 0 Å². The number of nitrogens with zero attached hydrogens (tertiary/aromatic N) is 1. The van der Waals surface area contributed by atoms with E-state index < -0.39 is 0 Å². The Morgan fingerprint density at radius 1 is 1.10 bits per heavy atom. The highest BCUT2D eigenvalue weighted by atomic mass is 16.5. The van der Waals surface area contributed by atoms with Crippen molar-refractivity contribution in [2.75, 3.05) is 6.54 Å². The molecule has 1 saturated carbocycles. The van der Waals surface area contributed by atoms with Gasteiger partial charge >= 0.3 is 0 Å². The summed E-state index contributed by atoms with van der Waals surface area (Å²) in [5.74, 6) is 0. The number of hydrogen-bond donors (Lipinski definition) is 1. The van der Waals surface area contributed by atoms with Gasteiger partial charge in [0.15, 0.2) is 0 Å². The van der Waals surface area contributed by atoms with Crippen LogP contribution in [0.3, 0.4) is 0 Å². The predicted molar refractivity (Wildman–Crippen MR) is 86.0 cm³/mol. The lowest BCUT2D eigenvalue weighted by Gasteiger charge is -2.31. The van der Waals surface area contributed by atoms with E-state index >= 15 is 0 Å². The molecule has 3 rings (SSSR count). The minimum absolute atomic E-state index is 0.111. The lowest BCUT2D eigenvalue weighted by Crippen LogP contribution is -2.40. The standard InChI is InChI=1S/C18H24N2O/c19-14-18(9-3-1-2-4-10-18)21-13-15-7-8-17-16(12-15)6-5-11-20-17/h5-8,11-12H,1-4,9-10,13-14,19H2. The Bertz CT molecular complexity index is 589. The SMILES string of the molecule is NCC1(OCc2ccc3ncccc3c2)CCCCCC1. The van der Waals surface area contributed by atoms with Gasteiger partial charge in [0.2, 0.25) is 0 Å². The van der Waals surface area contributed by atoms with Crippen LogP contribution in [0.25, 0.3) is 10.9 Å². The van der Waals surface area contributed by atoms with Gasteiger partial charge in [-0.25, -0.2) is 0 Å². The van der Waals surface area contributed by atoms with Crippen LogP contribution in [-0.2, 0) is 11.3 Å². The zero-order valence-corrected chi connectivity index (χ0v) is 12.6. The summed E-state index contributed by atoms with van der Waals surface area (Å²) >= 11 is 0. The summed E-state index contributed by atoms with van der Waals surface area (Å²) in [7, 11) is 0. The maximum Gasteiger partial charge on any atom is 0.0808 e. The summed E-state index contributed by atoms with van der Waals surface area (Å²) in [6, 6.07) is 10.4. The van der Waals surface area contributed by atoms with Gasteiger partial charge in [0, 0.05) is 18.1 Å². The van der Waals surface area contributed by atoms with E-state index in [1.807, 2.05) is 12.3 Å². The highest BCUT2D eigenvalue weighted by molar-refractivity contribution is 5.78. The number of ether oxygens (including phenoxy) is 1. The molecule has 1 heterocycles. The van der Waals surface area contributed by atoms with Gasteiger partial charge in [0.1, 0.15) is 0 Å². The molecule has 1 fully saturated rings. The molecular formula is C18H24N2O. The summed E-state index contributed by atoms with van der Waals surface area (Å²) in [5.41, 5.74) is 8.15. The van der Waals surface area contributed by atoms with Crippen LogP contribution < -0.4 is 5.73 Å². The predicted octanol–water partition coefficient (Wildman–Crippen LogP) is 3.80. The van der Waals surface area contributed by atoms with E-state index in [9.17, 15) is 0 Å². The minimum atomic E-state index is -0.111. The molecule has 0 amide bonds. The van der Waals surface area contributed by atoms with Gasteiger partial charge in [-0.05, 0) is 36.6 Å². The van der Waals surface area contributed by atoms with Crippen molar-refractivity contribution in [3.8, 4) is 0 Å². The van der Waals surface area contributed by atoms with E-state index in [1.165, 1.54) is 36.6 Å². The molecule has 1 aromatic heterocycles. The van der Waals surface area contributed by atoms with Crippen LogP contribution in [0.5, 0.6) is 0 Å². The summed E-state index contributed by atoms with van der Waals surface area (Å²) in [4.78, 5) is 4.35. The fourth-order valence-corrected chi connectivity index (χ4v) is 3.23. The molecule has 0 radical (unpaired) electrons. The third-order valence-corrected chi connectivity index (χ3v) is 4.60. The largest absolute Gasteiger partial charge is 0.369 e. The maximum absolute atomic E-state index is 6.29. The first-order valence-corrected chi connectivity index (χ1v) is 7.99. The first-order chi connectivity index (χ1) is 10.3. The van der Waals surface area contributed by atoms with E-state index in [4.69, 9.17) is 10.5 Å². The first kappa shape index (κ1) is 14.5. The summed E-state index contributed by atoms with van der Waals surface area (Å²) in [5, 5.41) is 1.17. The van der Waals surface area contributed by atoms with Crippen LogP contribution in [0.4, 0.5) is 0 Å². The zero-order chi connectivity index (χ0) is 14.5. The molecule has 0 spiro atoms. The molecule has 0 saturated heterocycles. The summed E-state index contributed by atoms with van der Waals surface area (Å²) in [6.07, 6.45) is 9.11. The molecule has 2 aromatic rings. The zero-order valence-electron chi connectivity index (χ0n) is 12.6. The molecular weight excluding hydrogens is 260 g/mol. The Balaban J connectivity index is 1.72. The molecule has 0 atom stereocenters. The molecule has 3 nitrogen and oxygen atoms in total.